The molecular weight excluding hydrogens is 240 g/mol. The highest BCUT2D eigenvalue weighted by atomic mass is 32.2. The molecule has 0 aromatic carbocycles. The summed E-state index contributed by atoms with van der Waals surface area (Å²) in [6.07, 6.45) is 2.66. The molecule has 0 spiro atoms. The normalized spacial score (nSPS) is 10.5. The highest BCUT2D eigenvalue weighted by molar-refractivity contribution is 7.92. The van der Waals surface area contributed by atoms with E-state index in [4.69, 9.17) is 5.73 Å². The van der Waals surface area contributed by atoms with E-state index in [0.29, 0.717) is 17.2 Å². The van der Waals surface area contributed by atoms with Crippen LogP contribution in [-0.4, -0.2) is 31.7 Å². The fourth-order valence-electron chi connectivity index (χ4n) is 1.06. The number of hydrogen-bond acceptors (Lipinski definition) is 5. The number of aromatic nitrogens is 2. The van der Waals surface area contributed by atoms with Crippen LogP contribution >= 0.6 is 0 Å². The van der Waals surface area contributed by atoms with Gasteiger partial charge >= 0.3 is 0 Å². The van der Waals surface area contributed by atoms with Gasteiger partial charge in [-0.05, 0) is 6.92 Å². The number of nitrogens with two attached hydrogens (primary N) is 1. The molecule has 1 rings (SSSR count). The average molecular weight is 260 g/mol. The molecule has 0 saturated heterocycles. The van der Waals surface area contributed by atoms with Crippen LogP contribution in [0.3, 0.4) is 0 Å². The Labute approximate surface area is 103 Å². The maximum atomic E-state index is 11.3. The lowest BCUT2D eigenvalue weighted by molar-refractivity contribution is 0.599. The lowest BCUT2D eigenvalue weighted by Gasteiger charge is -2.18. The summed E-state index contributed by atoms with van der Waals surface area (Å²) in [5, 5.41) is 0. The molecule has 1 heterocycles. The van der Waals surface area contributed by atoms with Gasteiger partial charge in [0.05, 0.1) is 6.26 Å². The minimum absolute atomic E-state index is 0.204. The van der Waals surface area contributed by atoms with Crippen molar-refractivity contribution in [2.45, 2.75) is 27.3 Å². The topological polar surface area (TPSA) is 89.2 Å². The average Bonchev–Trinajstić information content (AvgIpc) is 2.29. The second kappa shape index (κ2) is 6.51. The van der Waals surface area contributed by atoms with Gasteiger partial charge in [-0.3, -0.25) is 4.31 Å². The standard InChI is InChI=1S/C8H14N4O2S.C2H6/c1-6-10-5-7(4-9)8(11-6)12(2)15(3,13)14;1-2/h5H,4,9H2,1-3H3;1-2H3. The summed E-state index contributed by atoms with van der Waals surface area (Å²) >= 11 is 0. The van der Waals surface area contributed by atoms with Gasteiger partial charge in [0.2, 0.25) is 10.0 Å². The second-order valence-corrected chi connectivity index (χ2v) is 5.21. The van der Waals surface area contributed by atoms with E-state index in [1.165, 1.54) is 7.05 Å². The lowest BCUT2D eigenvalue weighted by atomic mass is 10.3. The Hall–Kier alpha value is -1.21. The first-order valence-corrected chi connectivity index (χ1v) is 7.17. The molecule has 0 aliphatic rings. The van der Waals surface area contributed by atoms with E-state index < -0.39 is 10.0 Å². The SMILES string of the molecule is CC.Cc1ncc(CN)c(N(C)S(C)(=O)=O)n1. The minimum Gasteiger partial charge on any atom is -0.326 e. The van der Waals surface area contributed by atoms with E-state index in [1.54, 1.807) is 13.1 Å². The van der Waals surface area contributed by atoms with Crippen molar-refractivity contribution >= 4 is 15.8 Å². The molecule has 1 aromatic heterocycles. The number of anilines is 1. The molecule has 0 radical (unpaired) electrons. The van der Waals surface area contributed by atoms with Crippen LogP contribution in [0.1, 0.15) is 25.2 Å². The van der Waals surface area contributed by atoms with Crippen LogP contribution in [0.15, 0.2) is 6.20 Å². The van der Waals surface area contributed by atoms with Gasteiger partial charge in [0.25, 0.3) is 0 Å². The molecule has 2 N–H and O–H groups in total. The van der Waals surface area contributed by atoms with E-state index in [1.807, 2.05) is 13.8 Å². The van der Waals surface area contributed by atoms with E-state index in [9.17, 15) is 8.42 Å². The van der Waals surface area contributed by atoms with Crippen molar-refractivity contribution < 1.29 is 8.42 Å². The fourth-order valence-corrected chi connectivity index (χ4v) is 1.53. The van der Waals surface area contributed by atoms with Crippen LogP contribution in [0.4, 0.5) is 5.82 Å². The minimum atomic E-state index is -3.32. The van der Waals surface area contributed by atoms with Crippen LogP contribution in [0.2, 0.25) is 0 Å². The van der Waals surface area contributed by atoms with Crippen molar-refractivity contribution in [3.8, 4) is 0 Å². The summed E-state index contributed by atoms with van der Waals surface area (Å²) in [6.45, 7) is 5.90. The van der Waals surface area contributed by atoms with Crippen molar-refractivity contribution in [1.29, 1.82) is 0 Å². The molecule has 6 nitrogen and oxygen atoms in total. The van der Waals surface area contributed by atoms with E-state index in [-0.39, 0.29) is 6.54 Å². The third-order valence-corrected chi connectivity index (χ3v) is 3.15. The molecule has 0 aliphatic heterocycles. The number of aryl methyl sites for hydroxylation is 1. The Balaban J connectivity index is 0.00000121. The Morgan fingerprint density at radius 3 is 2.35 bits per heavy atom. The zero-order chi connectivity index (χ0) is 13.6. The number of sulfonamides is 1. The summed E-state index contributed by atoms with van der Waals surface area (Å²) in [4.78, 5) is 8.03. The van der Waals surface area contributed by atoms with Crippen LogP contribution in [0.25, 0.3) is 0 Å². The molecule has 0 saturated carbocycles. The van der Waals surface area contributed by atoms with Gasteiger partial charge in [0.1, 0.15) is 11.6 Å². The summed E-state index contributed by atoms with van der Waals surface area (Å²) < 4.78 is 23.8. The molecule has 17 heavy (non-hydrogen) atoms. The third kappa shape index (κ3) is 4.27. The molecule has 0 amide bonds. The Kier molecular flexibility index (Phi) is 6.04. The van der Waals surface area contributed by atoms with Crippen LogP contribution in [0, 0.1) is 6.92 Å². The van der Waals surface area contributed by atoms with Crippen LogP contribution < -0.4 is 10.0 Å². The Bertz CT molecular complexity index is 459. The van der Waals surface area contributed by atoms with Crippen LogP contribution in [-0.2, 0) is 16.6 Å². The van der Waals surface area contributed by atoms with Crippen molar-refractivity contribution in [2.75, 3.05) is 17.6 Å². The fraction of sp³-hybridized carbons (Fsp3) is 0.600. The maximum absolute atomic E-state index is 11.3. The smallest absolute Gasteiger partial charge is 0.233 e. The quantitative estimate of drug-likeness (QED) is 0.862. The van der Waals surface area contributed by atoms with Gasteiger partial charge in [-0.15, -0.1) is 0 Å². The van der Waals surface area contributed by atoms with Gasteiger partial charge in [-0.2, -0.15) is 0 Å². The van der Waals surface area contributed by atoms with E-state index in [0.717, 1.165) is 10.6 Å². The second-order valence-electron chi connectivity index (χ2n) is 3.20. The van der Waals surface area contributed by atoms with Crippen LogP contribution in [0.5, 0.6) is 0 Å². The summed E-state index contributed by atoms with van der Waals surface area (Å²) in [5.74, 6) is 0.852. The number of rotatable bonds is 3. The van der Waals surface area contributed by atoms with Gasteiger partial charge < -0.3 is 5.73 Å². The first-order valence-electron chi connectivity index (χ1n) is 5.32. The summed E-state index contributed by atoms with van der Waals surface area (Å²) in [7, 11) is -1.88. The molecule has 0 aliphatic carbocycles. The predicted octanol–water partition coefficient (Wildman–Crippen LogP) is 0.666. The van der Waals surface area contributed by atoms with Gasteiger partial charge in [-0.25, -0.2) is 18.4 Å². The molecule has 0 fully saturated rings. The van der Waals surface area contributed by atoms with Gasteiger partial charge in [-0.1, -0.05) is 13.8 Å². The van der Waals surface area contributed by atoms with Crippen molar-refractivity contribution in [3.05, 3.63) is 17.6 Å². The van der Waals surface area contributed by atoms with Crippen molar-refractivity contribution in [1.82, 2.24) is 9.97 Å². The Morgan fingerprint density at radius 1 is 1.41 bits per heavy atom. The summed E-state index contributed by atoms with van der Waals surface area (Å²) in [5.41, 5.74) is 6.09. The monoisotopic (exact) mass is 260 g/mol. The first-order chi connectivity index (χ1) is 7.86. The molecular formula is C10H20N4O2S. The number of hydrogen-bond donors (Lipinski definition) is 1. The first kappa shape index (κ1) is 15.8. The number of nitrogens with zero attached hydrogens (tertiary/aromatic N) is 3. The molecule has 1 aromatic rings. The molecule has 0 bridgehead atoms. The van der Waals surface area contributed by atoms with E-state index >= 15 is 0 Å². The lowest BCUT2D eigenvalue weighted by Crippen LogP contribution is -2.27. The molecule has 7 heteroatoms. The molecule has 0 atom stereocenters. The largest absolute Gasteiger partial charge is 0.326 e. The molecule has 98 valence electrons. The highest BCUT2D eigenvalue weighted by Gasteiger charge is 2.17. The zero-order valence-electron chi connectivity index (χ0n) is 10.9. The van der Waals surface area contributed by atoms with E-state index in [2.05, 4.69) is 9.97 Å². The molecule has 0 unspecified atom stereocenters. The zero-order valence-corrected chi connectivity index (χ0v) is 11.7. The van der Waals surface area contributed by atoms with Crippen molar-refractivity contribution in [2.24, 2.45) is 5.73 Å². The maximum Gasteiger partial charge on any atom is 0.233 e. The Morgan fingerprint density at radius 2 is 1.94 bits per heavy atom. The highest BCUT2D eigenvalue weighted by Crippen LogP contribution is 2.17. The van der Waals surface area contributed by atoms with Crippen molar-refractivity contribution in [3.63, 3.8) is 0 Å². The third-order valence-electron chi connectivity index (χ3n) is 1.98. The van der Waals surface area contributed by atoms with Gasteiger partial charge in [0.15, 0.2) is 0 Å². The predicted molar refractivity (Wildman–Crippen MR) is 69.3 cm³/mol. The van der Waals surface area contributed by atoms with Gasteiger partial charge in [0, 0.05) is 25.4 Å². The summed E-state index contributed by atoms with van der Waals surface area (Å²) in [6, 6.07) is 0.